The summed E-state index contributed by atoms with van der Waals surface area (Å²) in [6, 6.07) is -0.354. The Morgan fingerprint density at radius 1 is 0.900 bits per heavy atom. The van der Waals surface area contributed by atoms with Gasteiger partial charge in [0.25, 0.3) is 0 Å². The van der Waals surface area contributed by atoms with Crippen LogP contribution in [0.1, 0.15) is 95.4 Å². The van der Waals surface area contributed by atoms with E-state index in [9.17, 15) is 14.4 Å². The molecule has 176 valence electrons. The van der Waals surface area contributed by atoms with Crippen molar-refractivity contribution in [3.63, 3.8) is 0 Å². The van der Waals surface area contributed by atoms with Crippen LogP contribution in [0.5, 0.6) is 0 Å². The minimum Gasteiger partial charge on any atom is -0.320 e. The molecule has 2 atom stereocenters. The molecule has 0 saturated carbocycles. The van der Waals surface area contributed by atoms with Gasteiger partial charge in [-0.05, 0) is 72.9 Å². The SMILES string of the molecule is CCC(C)(CC(C)(C)N(CC(C)(C)C(C)=O)C(C(C)=O)C(C)(C)CCNC)C(C)=O. The van der Waals surface area contributed by atoms with E-state index in [1.807, 2.05) is 34.7 Å². The molecule has 2 unspecified atom stereocenters. The van der Waals surface area contributed by atoms with E-state index in [2.05, 4.69) is 37.9 Å². The zero-order valence-electron chi connectivity index (χ0n) is 21.8. The van der Waals surface area contributed by atoms with E-state index in [1.54, 1.807) is 20.8 Å². The molecule has 5 nitrogen and oxygen atoms in total. The number of ketones is 3. The molecular weight excluding hydrogens is 376 g/mol. The average molecular weight is 425 g/mol. The molecule has 0 rings (SSSR count). The second-order valence-corrected chi connectivity index (χ2v) is 11.4. The monoisotopic (exact) mass is 424 g/mol. The van der Waals surface area contributed by atoms with Gasteiger partial charge in [-0.15, -0.1) is 0 Å². The maximum Gasteiger partial charge on any atom is 0.147 e. The molecule has 0 heterocycles. The predicted molar refractivity (Wildman–Crippen MR) is 126 cm³/mol. The molecular formula is C25H48N2O3. The van der Waals surface area contributed by atoms with Gasteiger partial charge in [-0.25, -0.2) is 0 Å². The fourth-order valence-corrected chi connectivity index (χ4v) is 4.52. The number of rotatable bonds is 14. The summed E-state index contributed by atoms with van der Waals surface area (Å²) in [7, 11) is 1.92. The van der Waals surface area contributed by atoms with Gasteiger partial charge in [0.1, 0.15) is 17.3 Å². The largest absolute Gasteiger partial charge is 0.320 e. The van der Waals surface area contributed by atoms with Crippen LogP contribution in [-0.2, 0) is 14.4 Å². The third kappa shape index (κ3) is 7.26. The number of hydrogen-bond donors (Lipinski definition) is 1. The summed E-state index contributed by atoms with van der Waals surface area (Å²) in [5, 5.41) is 3.20. The second-order valence-electron chi connectivity index (χ2n) is 11.4. The van der Waals surface area contributed by atoms with Crippen molar-refractivity contribution in [1.29, 1.82) is 0 Å². The molecule has 0 bridgehead atoms. The highest BCUT2D eigenvalue weighted by molar-refractivity contribution is 5.84. The molecule has 1 N–H and O–H groups in total. The van der Waals surface area contributed by atoms with Crippen LogP contribution in [0, 0.1) is 16.2 Å². The second kappa shape index (κ2) is 10.5. The zero-order valence-corrected chi connectivity index (χ0v) is 21.8. The third-order valence-corrected chi connectivity index (χ3v) is 7.21. The third-order valence-electron chi connectivity index (χ3n) is 7.21. The first kappa shape index (κ1) is 28.9. The molecule has 0 aliphatic heterocycles. The van der Waals surface area contributed by atoms with Gasteiger partial charge in [-0.1, -0.05) is 41.5 Å². The van der Waals surface area contributed by atoms with Crippen LogP contribution in [0.3, 0.4) is 0 Å². The van der Waals surface area contributed by atoms with E-state index in [0.29, 0.717) is 13.0 Å². The normalized spacial score (nSPS) is 16.3. The predicted octanol–water partition coefficient (Wildman–Crippen LogP) is 4.67. The van der Waals surface area contributed by atoms with Crippen molar-refractivity contribution in [1.82, 2.24) is 10.2 Å². The lowest BCUT2D eigenvalue weighted by molar-refractivity contribution is -0.140. The van der Waals surface area contributed by atoms with E-state index in [4.69, 9.17) is 0 Å². The molecule has 0 aromatic heterocycles. The number of nitrogens with one attached hydrogen (secondary N) is 1. The Balaban J connectivity index is 6.51. The van der Waals surface area contributed by atoms with E-state index >= 15 is 0 Å². The topological polar surface area (TPSA) is 66.5 Å². The Hall–Kier alpha value is -1.07. The zero-order chi connectivity index (χ0) is 24.1. The summed E-state index contributed by atoms with van der Waals surface area (Å²) in [5.41, 5.74) is -1.81. The average Bonchev–Trinajstić information content (AvgIpc) is 2.57. The molecule has 0 fully saturated rings. The van der Waals surface area contributed by atoms with Crippen LogP contribution in [0.2, 0.25) is 0 Å². The molecule has 0 aromatic rings. The first-order valence-corrected chi connectivity index (χ1v) is 11.3. The Morgan fingerprint density at radius 2 is 1.40 bits per heavy atom. The molecule has 0 aliphatic rings. The number of nitrogens with zero attached hydrogens (tertiary/aromatic N) is 1. The van der Waals surface area contributed by atoms with Crippen LogP contribution in [0.15, 0.2) is 0 Å². The highest BCUT2D eigenvalue weighted by atomic mass is 16.1. The van der Waals surface area contributed by atoms with Gasteiger partial charge >= 0.3 is 0 Å². The Morgan fingerprint density at radius 3 is 1.73 bits per heavy atom. The first-order valence-electron chi connectivity index (χ1n) is 11.3. The van der Waals surface area contributed by atoms with Crippen LogP contribution >= 0.6 is 0 Å². The molecule has 0 amide bonds. The van der Waals surface area contributed by atoms with Gasteiger partial charge in [-0.3, -0.25) is 19.3 Å². The van der Waals surface area contributed by atoms with Gasteiger partial charge < -0.3 is 5.32 Å². The lowest BCUT2D eigenvalue weighted by Gasteiger charge is -2.52. The molecule has 0 aromatic carbocycles. The molecule has 0 aliphatic carbocycles. The molecule has 5 heteroatoms. The van der Waals surface area contributed by atoms with Crippen LogP contribution in [-0.4, -0.2) is 54.0 Å². The van der Waals surface area contributed by atoms with E-state index in [0.717, 1.165) is 19.4 Å². The first-order chi connectivity index (χ1) is 13.4. The standard InChI is InChI=1S/C25H48N2O3/c1-13-25(11,20(4)30)16-24(9,10)27(17-23(7,8)19(3)29)21(18(2)28)22(5,6)14-15-26-12/h21,26H,13-17H2,1-12H3. The summed E-state index contributed by atoms with van der Waals surface area (Å²) in [5.74, 6) is 0.366. The summed E-state index contributed by atoms with van der Waals surface area (Å²) >= 11 is 0. The summed E-state index contributed by atoms with van der Waals surface area (Å²) < 4.78 is 0. The van der Waals surface area contributed by atoms with Gasteiger partial charge in [0.15, 0.2) is 0 Å². The lowest BCUT2D eigenvalue weighted by atomic mass is 9.70. The van der Waals surface area contributed by atoms with Gasteiger partial charge in [-0.2, -0.15) is 0 Å². The summed E-state index contributed by atoms with van der Waals surface area (Å²) in [6.07, 6.45) is 2.20. The van der Waals surface area contributed by atoms with E-state index in [-0.39, 0.29) is 28.8 Å². The van der Waals surface area contributed by atoms with Crippen molar-refractivity contribution < 1.29 is 14.4 Å². The summed E-state index contributed by atoms with van der Waals surface area (Å²) in [6.45, 7) is 22.6. The number of carbonyl (C=O) groups is 3. The minimum atomic E-state index is -0.594. The van der Waals surface area contributed by atoms with E-state index < -0.39 is 16.4 Å². The fourth-order valence-electron chi connectivity index (χ4n) is 4.52. The van der Waals surface area contributed by atoms with Crippen LogP contribution < -0.4 is 5.32 Å². The number of carbonyl (C=O) groups excluding carboxylic acids is 3. The number of Topliss-reactive ketones (excluding diaryl/α,β-unsaturated/α-hetero) is 3. The van der Waals surface area contributed by atoms with E-state index in [1.165, 1.54) is 0 Å². The highest BCUT2D eigenvalue weighted by Gasteiger charge is 2.48. The van der Waals surface area contributed by atoms with Gasteiger partial charge in [0.05, 0.1) is 6.04 Å². The molecule has 0 radical (unpaired) electrons. The Kier molecular flexibility index (Phi) is 10.1. The quantitative estimate of drug-likeness (QED) is 0.439. The molecule has 30 heavy (non-hydrogen) atoms. The smallest absolute Gasteiger partial charge is 0.147 e. The highest BCUT2D eigenvalue weighted by Crippen LogP contribution is 2.42. The Labute approximate surface area is 185 Å². The lowest BCUT2D eigenvalue weighted by Crippen LogP contribution is -2.62. The van der Waals surface area contributed by atoms with Gasteiger partial charge in [0.2, 0.25) is 0 Å². The molecule has 0 spiro atoms. The maximum atomic E-state index is 13.1. The number of hydrogen-bond acceptors (Lipinski definition) is 5. The summed E-state index contributed by atoms with van der Waals surface area (Å²) in [4.78, 5) is 40.2. The van der Waals surface area contributed by atoms with Crippen molar-refractivity contribution in [3.8, 4) is 0 Å². The Bertz CT molecular complexity index is 622. The van der Waals surface area contributed by atoms with Crippen molar-refractivity contribution in [2.75, 3.05) is 20.1 Å². The fraction of sp³-hybridized carbons (Fsp3) is 0.880. The van der Waals surface area contributed by atoms with Crippen molar-refractivity contribution in [2.45, 2.75) is 107 Å². The van der Waals surface area contributed by atoms with Crippen molar-refractivity contribution in [2.24, 2.45) is 16.2 Å². The van der Waals surface area contributed by atoms with Crippen LogP contribution in [0.25, 0.3) is 0 Å². The van der Waals surface area contributed by atoms with Crippen LogP contribution in [0.4, 0.5) is 0 Å². The van der Waals surface area contributed by atoms with Gasteiger partial charge in [0, 0.05) is 22.9 Å². The molecule has 0 saturated heterocycles. The maximum absolute atomic E-state index is 13.1. The van der Waals surface area contributed by atoms with Crippen molar-refractivity contribution in [3.05, 3.63) is 0 Å². The van der Waals surface area contributed by atoms with Crippen molar-refractivity contribution >= 4 is 17.3 Å². The minimum absolute atomic E-state index is 0.100.